The van der Waals surface area contributed by atoms with Crippen molar-refractivity contribution >= 4 is 16.6 Å². The van der Waals surface area contributed by atoms with E-state index in [-0.39, 0.29) is 0 Å². The van der Waals surface area contributed by atoms with Crippen LogP contribution in [0.3, 0.4) is 0 Å². The van der Waals surface area contributed by atoms with Crippen LogP contribution >= 0.6 is 0 Å². The molecule has 0 radical (unpaired) electrons. The van der Waals surface area contributed by atoms with Gasteiger partial charge >= 0.3 is 0 Å². The molecule has 3 heteroatoms. The number of unbranched alkanes of at least 4 members (excludes halogenated alkanes) is 6. The lowest BCUT2D eigenvalue weighted by atomic mass is 9.92. The maximum atomic E-state index is 8.54. The molecule has 132 valence electrons. The summed E-state index contributed by atoms with van der Waals surface area (Å²) in [5.41, 5.74) is 5.24. The Morgan fingerprint density at radius 1 is 0.960 bits per heavy atom. The van der Waals surface area contributed by atoms with E-state index in [1.807, 2.05) is 0 Å². The molecule has 0 fully saturated rings. The molecule has 0 amide bonds. The SMILES string of the molecule is N#CCCCCCCCCNc1c2c(nc3ccccc13)CCCC2. The Kier molecular flexibility index (Phi) is 6.68. The summed E-state index contributed by atoms with van der Waals surface area (Å²) < 4.78 is 0. The maximum absolute atomic E-state index is 8.54. The Labute approximate surface area is 151 Å². The van der Waals surface area contributed by atoms with Gasteiger partial charge in [0.1, 0.15) is 0 Å². The average molecular weight is 335 g/mol. The molecule has 0 saturated carbocycles. The summed E-state index contributed by atoms with van der Waals surface area (Å²) >= 11 is 0. The number of pyridine rings is 1. The van der Waals surface area contributed by atoms with Gasteiger partial charge in [0.25, 0.3) is 0 Å². The van der Waals surface area contributed by atoms with Crippen molar-refractivity contribution in [1.82, 2.24) is 4.98 Å². The van der Waals surface area contributed by atoms with E-state index in [2.05, 4.69) is 35.7 Å². The fourth-order valence-electron chi connectivity index (χ4n) is 3.82. The molecule has 1 aliphatic carbocycles. The van der Waals surface area contributed by atoms with Gasteiger partial charge in [-0.1, -0.05) is 43.9 Å². The van der Waals surface area contributed by atoms with Crippen LogP contribution in [0.5, 0.6) is 0 Å². The topological polar surface area (TPSA) is 48.7 Å². The lowest BCUT2D eigenvalue weighted by Crippen LogP contribution is -2.12. The molecule has 0 unspecified atom stereocenters. The molecule has 3 rings (SSSR count). The van der Waals surface area contributed by atoms with Crippen molar-refractivity contribution in [2.24, 2.45) is 0 Å². The van der Waals surface area contributed by atoms with Gasteiger partial charge in [0.2, 0.25) is 0 Å². The third-order valence-corrected chi connectivity index (χ3v) is 5.19. The summed E-state index contributed by atoms with van der Waals surface area (Å²) in [5, 5.41) is 13.6. The average Bonchev–Trinajstić information content (AvgIpc) is 2.66. The third-order valence-electron chi connectivity index (χ3n) is 5.19. The van der Waals surface area contributed by atoms with E-state index in [1.54, 1.807) is 0 Å². The summed E-state index contributed by atoms with van der Waals surface area (Å²) in [6, 6.07) is 10.8. The fourth-order valence-corrected chi connectivity index (χ4v) is 3.82. The molecule has 2 aromatic rings. The monoisotopic (exact) mass is 335 g/mol. The van der Waals surface area contributed by atoms with Crippen molar-refractivity contribution in [3.05, 3.63) is 35.5 Å². The number of benzene rings is 1. The van der Waals surface area contributed by atoms with E-state index in [1.165, 1.54) is 67.3 Å². The highest BCUT2D eigenvalue weighted by Crippen LogP contribution is 2.33. The normalized spacial score (nSPS) is 13.4. The minimum Gasteiger partial charge on any atom is -0.384 e. The van der Waals surface area contributed by atoms with Gasteiger partial charge in [0, 0.05) is 29.7 Å². The number of anilines is 1. The summed E-state index contributed by atoms with van der Waals surface area (Å²) in [5.74, 6) is 0. The third kappa shape index (κ3) is 4.72. The van der Waals surface area contributed by atoms with E-state index in [4.69, 9.17) is 10.2 Å². The predicted octanol–water partition coefficient (Wildman–Crippen LogP) is 5.78. The highest BCUT2D eigenvalue weighted by atomic mass is 14.9. The number of para-hydroxylation sites is 1. The molecule has 0 atom stereocenters. The van der Waals surface area contributed by atoms with Crippen LogP contribution in [-0.4, -0.2) is 11.5 Å². The zero-order valence-corrected chi connectivity index (χ0v) is 15.2. The first-order valence-corrected chi connectivity index (χ1v) is 9.91. The summed E-state index contributed by atoms with van der Waals surface area (Å²) in [7, 11) is 0. The maximum Gasteiger partial charge on any atom is 0.0726 e. The largest absolute Gasteiger partial charge is 0.384 e. The van der Waals surface area contributed by atoms with Crippen LogP contribution in [0.2, 0.25) is 0 Å². The van der Waals surface area contributed by atoms with Gasteiger partial charge in [-0.25, -0.2) is 0 Å². The molecule has 1 aromatic carbocycles. The lowest BCUT2D eigenvalue weighted by molar-refractivity contribution is 0.606. The van der Waals surface area contributed by atoms with Gasteiger partial charge in [-0.2, -0.15) is 5.26 Å². The molecule has 1 aromatic heterocycles. The van der Waals surface area contributed by atoms with Gasteiger partial charge in [-0.3, -0.25) is 4.98 Å². The number of fused-ring (bicyclic) bond motifs is 2. The number of hydrogen-bond acceptors (Lipinski definition) is 3. The van der Waals surface area contributed by atoms with Crippen LogP contribution in [-0.2, 0) is 12.8 Å². The fraction of sp³-hybridized carbons (Fsp3) is 0.545. The summed E-state index contributed by atoms with van der Waals surface area (Å²) in [6.07, 6.45) is 12.8. The molecule has 0 aliphatic heterocycles. The zero-order valence-electron chi connectivity index (χ0n) is 15.2. The van der Waals surface area contributed by atoms with Crippen LogP contribution in [0.25, 0.3) is 10.9 Å². The van der Waals surface area contributed by atoms with Crippen LogP contribution in [0.1, 0.15) is 69.0 Å². The van der Waals surface area contributed by atoms with Crippen molar-refractivity contribution in [2.45, 2.75) is 70.6 Å². The summed E-state index contributed by atoms with van der Waals surface area (Å²) in [4.78, 5) is 4.91. The van der Waals surface area contributed by atoms with Crippen molar-refractivity contribution in [3.63, 3.8) is 0 Å². The second-order valence-electron chi connectivity index (χ2n) is 7.09. The quantitative estimate of drug-likeness (QED) is 0.591. The minimum atomic E-state index is 0.710. The number of hydrogen-bond donors (Lipinski definition) is 1. The number of nitrogens with zero attached hydrogens (tertiary/aromatic N) is 2. The molecule has 0 saturated heterocycles. The molecule has 1 aliphatic rings. The van der Waals surface area contributed by atoms with Gasteiger partial charge in [-0.05, 0) is 50.2 Å². The molecule has 0 bridgehead atoms. The first kappa shape index (κ1) is 17.7. The first-order valence-electron chi connectivity index (χ1n) is 9.91. The number of nitriles is 1. The van der Waals surface area contributed by atoms with E-state index >= 15 is 0 Å². The second-order valence-corrected chi connectivity index (χ2v) is 7.09. The van der Waals surface area contributed by atoms with Crippen molar-refractivity contribution < 1.29 is 0 Å². The first-order chi connectivity index (χ1) is 12.4. The number of nitrogens with one attached hydrogen (secondary N) is 1. The van der Waals surface area contributed by atoms with Crippen molar-refractivity contribution in [3.8, 4) is 6.07 Å². The smallest absolute Gasteiger partial charge is 0.0726 e. The van der Waals surface area contributed by atoms with E-state index in [0.29, 0.717) is 6.42 Å². The Hall–Kier alpha value is -2.08. The van der Waals surface area contributed by atoms with Crippen molar-refractivity contribution in [2.75, 3.05) is 11.9 Å². The van der Waals surface area contributed by atoms with E-state index < -0.39 is 0 Å². The Morgan fingerprint density at radius 2 is 1.72 bits per heavy atom. The Morgan fingerprint density at radius 3 is 2.60 bits per heavy atom. The van der Waals surface area contributed by atoms with Gasteiger partial charge < -0.3 is 5.32 Å². The second kappa shape index (κ2) is 9.42. The van der Waals surface area contributed by atoms with Crippen LogP contribution in [0.15, 0.2) is 24.3 Å². The van der Waals surface area contributed by atoms with Crippen LogP contribution < -0.4 is 5.32 Å². The molecule has 0 spiro atoms. The molecule has 3 nitrogen and oxygen atoms in total. The molecular weight excluding hydrogens is 306 g/mol. The highest BCUT2D eigenvalue weighted by Gasteiger charge is 2.17. The van der Waals surface area contributed by atoms with Gasteiger partial charge in [0.15, 0.2) is 0 Å². The number of aryl methyl sites for hydroxylation is 1. The van der Waals surface area contributed by atoms with E-state index in [9.17, 15) is 0 Å². The number of rotatable bonds is 9. The lowest BCUT2D eigenvalue weighted by Gasteiger charge is -2.21. The Balaban J connectivity index is 1.55. The molecule has 25 heavy (non-hydrogen) atoms. The van der Waals surface area contributed by atoms with Gasteiger partial charge in [0.05, 0.1) is 11.6 Å². The molecular formula is C22H29N3. The van der Waals surface area contributed by atoms with E-state index in [0.717, 1.165) is 31.3 Å². The van der Waals surface area contributed by atoms with Crippen molar-refractivity contribution in [1.29, 1.82) is 5.26 Å². The standard InChI is InChI=1S/C22H29N3/c23-16-10-4-2-1-3-5-11-17-24-22-18-12-6-8-14-20(18)25-21-15-9-7-13-19(21)22/h6,8,12,14H,1-5,7,9-11,13,15,17H2,(H,24,25). The zero-order chi connectivity index (χ0) is 17.3. The van der Waals surface area contributed by atoms with Crippen LogP contribution in [0.4, 0.5) is 5.69 Å². The van der Waals surface area contributed by atoms with Crippen LogP contribution in [0, 0.1) is 11.3 Å². The van der Waals surface area contributed by atoms with Gasteiger partial charge in [-0.15, -0.1) is 0 Å². The Bertz CT molecular complexity index is 730. The minimum absolute atomic E-state index is 0.710. The predicted molar refractivity (Wildman–Crippen MR) is 105 cm³/mol. The highest BCUT2D eigenvalue weighted by molar-refractivity contribution is 5.93. The molecule has 1 N–H and O–H groups in total. The molecule has 1 heterocycles. The summed E-state index contributed by atoms with van der Waals surface area (Å²) in [6.45, 7) is 1.04. The number of aromatic nitrogens is 1.